The van der Waals surface area contributed by atoms with E-state index in [-0.39, 0.29) is 11.8 Å². The van der Waals surface area contributed by atoms with Crippen molar-refractivity contribution in [2.24, 2.45) is 17.8 Å². The third-order valence-corrected chi connectivity index (χ3v) is 6.05. The van der Waals surface area contributed by atoms with E-state index in [1.807, 2.05) is 4.90 Å². The summed E-state index contributed by atoms with van der Waals surface area (Å²) in [5.41, 5.74) is 2.80. The Labute approximate surface area is 148 Å². The Bertz CT molecular complexity index is 645. The molecule has 0 spiro atoms. The fourth-order valence-corrected chi connectivity index (χ4v) is 4.50. The van der Waals surface area contributed by atoms with Gasteiger partial charge in [0.1, 0.15) is 0 Å². The van der Waals surface area contributed by atoms with E-state index in [0.29, 0.717) is 30.9 Å². The normalized spacial score (nSPS) is 31.4. The zero-order valence-corrected chi connectivity index (χ0v) is 14.7. The van der Waals surface area contributed by atoms with E-state index in [1.54, 1.807) is 0 Å². The molecule has 25 heavy (non-hydrogen) atoms. The third kappa shape index (κ3) is 3.24. The molecule has 5 nitrogen and oxygen atoms in total. The van der Waals surface area contributed by atoms with Crippen molar-refractivity contribution in [2.45, 2.75) is 32.1 Å². The molecule has 3 aliphatic rings. The number of piperidine rings is 1. The van der Waals surface area contributed by atoms with E-state index in [0.717, 1.165) is 32.4 Å². The van der Waals surface area contributed by atoms with E-state index in [1.165, 1.54) is 11.1 Å². The predicted octanol–water partition coefficient (Wildman–Crippen LogP) is 2.56. The Kier molecular flexibility index (Phi) is 4.40. The van der Waals surface area contributed by atoms with Crippen molar-refractivity contribution >= 4 is 12.0 Å². The fourth-order valence-electron chi connectivity index (χ4n) is 4.50. The number of likely N-dealkylation sites (tertiary alicyclic amines) is 1. The number of hydrogen-bond acceptors (Lipinski definition) is 3. The van der Waals surface area contributed by atoms with Gasteiger partial charge in [-0.2, -0.15) is 0 Å². The molecule has 2 saturated heterocycles. The van der Waals surface area contributed by atoms with Crippen molar-refractivity contribution < 1.29 is 14.3 Å². The maximum atomic E-state index is 12.8. The number of hydrogen-bond donors (Lipinski definition) is 1. The second-order valence-corrected chi connectivity index (χ2v) is 7.55. The number of nitrogens with zero attached hydrogens (tertiary/aromatic N) is 1. The lowest BCUT2D eigenvalue weighted by Gasteiger charge is -2.27. The Morgan fingerprint density at radius 1 is 1.24 bits per heavy atom. The Balaban J connectivity index is 1.33. The van der Waals surface area contributed by atoms with E-state index < -0.39 is 6.09 Å². The molecule has 5 heteroatoms. The first-order valence-corrected chi connectivity index (χ1v) is 9.45. The van der Waals surface area contributed by atoms with Crippen molar-refractivity contribution in [3.63, 3.8) is 0 Å². The molecule has 1 saturated carbocycles. The number of nitrogens with one attached hydrogen (secondary N) is 1. The monoisotopic (exact) mass is 342 g/mol. The van der Waals surface area contributed by atoms with Crippen LogP contribution in [0.15, 0.2) is 24.3 Å². The van der Waals surface area contributed by atoms with Gasteiger partial charge in [0.05, 0.1) is 12.5 Å². The highest BCUT2D eigenvalue weighted by atomic mass is 16.5. The first kappa shape index (κ1) is 16.4. The van der Waals surface area contributed by atoms with Crippen molar-refractivity contribution in [1.82, 2.24) is 10.2 Å². The average molecular weight is 342 g/mol. The van der Waals surface area contributed by atoms with Gasteiger partial charge < -0.3 is 15.0 Å². The molecule has 1 unspecified atom stereocenters. The molecule has 2 heterocycles. The summed E-state index contributed by atoms with van der Waals surface area (Å²) in [6.07, 6.45) is 2.21. The number of benzene rings is 1. The van der Waals surface area contributed by atoms with Crippen LogP contribution in [0.3, 0.4) is 0 Å². The van der Waals surface area contributed by atoms with Crippen LogP contribution < -0.4 is 5.32 Å². The first-order valence-electron chi connectivity index (χ1n) is 9.45. The number of cyclic esters (lactones) is 1. The fraction of sp³-hybridized carbons (Fsp3) is 0.600. The molecule has 134 valence electrons. The Morgan fingerprint density at radius 2 is 1.96 bits per heavy atom. The average Bonchev–Trinajstić information content (AvgIpc) is 3.11. The number of ether oxygens (including phenoxy) is 1. The van der Waals surface area contributed by atoms with Gasteiger partial charge in [-0.3, -0.25) is 4.79 Å². The van der Waals surface area contributed by atoms with Crippen molar-refractivity contribution in [2.75, 3.05) is 26.2 Å². The smallest absolute Gasteiger partial charge is 0.407 e. The summed E-state index contributed by atoms with van der Waals surface area (Å²) in [6, 6.07) is 8.98. The lowest BCUT2D eigenvalue weighted by molar-refractivity contribution is -0.135. The SMILES string of the molecule is CCc1ccc(C2[C@H]3CN(C(=O)[C@@H]4CCCOC(=O)NC4)C[C@@H]23)cc1. The van der Waals surface area contributed by atoms with Crippen LogP contribution in [0.1, 0.15) is 36.8 Å². The summed E-state index contributed by atoms with van der Waals surface area (Å²) in [7, 11) is 0. The number of fused-ring (bicyclic) bond motifs is 1. The lowest BCUT2D eigenvalue weighted by atomic mass is 10.00. The molecule has 4 rings (SSSR count). The van der Waals surface area contributed by atoms with Crippen LogP contribution in [0.2, 0.25) is 0 Å². The van der Waals surface area contributed by atoms with Crippen LogP contribution >= 0.6 is 0 Å². The van der Waals surface area contributed by atoms with Crippen molar-refractivity contribution in [3.8, 4) is 0 Å². The molecule has 1 aliphatic carbocycles. The van der Waals surface area contributed by atoms with Gasteiger partial charge in [-0.15, -0.1) is 0 Å². The van der Waals surface area contributed by atoms with Gasteiger partial charge in [-0.25, -0.2) is 4.79 Å². The van der Waals surface area contributed by atoms with Gasteiger partial charge in [0.25, 0.3) is 0 Å². The van der Waals surface area contributed by atoms with Crippen LogP contribution in [0, 0.1) is 17.8 Å². The molecule has 1 N–H and O–H groups in total. The van der Waals surface area contributed by atoms with Gasteiger partial charge in [0.15, 0.2) is 0 Å². The zero-order valence-electron chi connectivity index (χ0n) is 14.7. The molecule has 0 bridgehead atoms. The van der Waals surface area contributed by atoms with Crippen molar-refractivity contribution in [3.05, 3.63) is 35.4 Å². The summed E-state index contributed by atoms with van der Waals surface area (Å²) in [5.74, 6) is 1.95. The molecule has 3 fully saturated rings. The molecule has 0 radical (unpaired) electrons. The van der Waals surface area contributed by atoms with Crippen LogP contribution in [0.25, 0.3) is 0 Å². The second kappa shape index (κ2) is 6.70. The molecule has 1 aromatic carbocycles. The summed E-state index contributed by atoms with van der Waals surface area (Å²) in [4.78, 5) is 26.2. The quantitative estimate of drug-likeness (QED) is 0.918. The minimum atomic E-state index is -0.405. The Hall–Kier alpha value is -2.04. The molecule has 0 aromatic heterocycles. The highest BCUT2D eigenvalue weighted by Crippen LogP contribution is 2.58. The Morgan fingerprint density at radius 3 is 2.64 bits per heavy atom. The van der Waals surface area contributed by atoms with Crippen LogP contribution in [-0.2, 0) is 16.0 Å². The lowest BCUT2D eigenvalue weighted by Crippen LogP contribution is -2.43. The third-order valence-electron chi connectivity index (χ3n) is 6.05. The summed E-state index contributed by atoms with van der Waals surface area (Å²) < 4.78 is 4.97. The highest BCUT2D eigenvalue weighted by Gasteiger charge is 2.57. The minimum absolute atomic E-state index is 0.104. The molecular weight excluding hydrogens is 316 g/mol. The topological polar surface area (TPSA) is 58.6 Å². The standard InChI is InChI=1S/C20H26N2O3/c1-2-13-5-7-14(8-6-13)18-16-11-22(12-17(16)18)19(23)15-4-3-9-25-20(24)21-10-15/h5-8,15-18H,2-4,9-12H2,1H3,(H,21,24)/t15-,16-,17+,18?/m1/s1. The molecule has 2 amide bonds. The van der Waals surface area contributed by atoms with E-state index in [2.05, 4.69) is 36.5 Å². The summed E-state index contributed by atoms with van der Waals surface area (Å²) >= 11 is 0. The second-order valence-electron chi connectivity index (χ2n) is 7.55. The largest absolute Gasteiger partial charge is 0.450 e. The van der Waals surface area contributed by atoms with Gasteiger partial charge >= 0.3 is 6.09 Å². The molecule has 2 aliphatic heterocycles. The van der Waals surface area contributed by atoms with E-state index in [4.69, 9.17) is 4.74 Å². The maximum Gasteiger partial charge on any atom is 0.407 e. The highest BCUT2D eigenvalue weighted by molar-refractivity contribution is 5.80. The van der Waals surface area contributed by atoms with E-state index in [9.17, 15) is 9.59 Å². The first-order chi connectivity index (χ1) is 12.2. The predicted molar refractivity (Wildman–Crippen MR) is 94.2 cm³/mol. The number of rotatable bonds is 3. The van der Waals surface area contributed by atoms with Crippen LogP contribution in [0.5, 0.6) is 0 Å². The zero-order chi connectivity index (χ0) is 17.4. The number of carbonyl (C=O) groups is 2. The van der Waals surface area contributed by atoms with Gasteiger partial charge in [-0.1, -0.05) is 31.2 Å². The van der Waals surface area contributed by atoms with Crippen LogP contribution in [-0.4, -0.2) is 43.1 Å². The maximum absolute atomic E-state index is 12.8. The summed E-state index contributed by atoms with van der Waals surface area (Å²) in [6.45, 7) is 4.70. The number of alkyl carbamates (subject to hydrolysis) is 1. The van der Waals surface area contributed by atoms with E-state index >= 15 is 0 Å². The molecular formula is C20H26N2O3. The number of amides is 2. The summed E-state index contributed by atoms with van der Waals surface area (Å²) in [5, 5.41) is 2.70. The van der Waals surface area contributed by atoms with Crippen molar-refractivity contribution in [1.29, 1.82) is 0 Å². The van der Waals surface area contributed by atoms with Gasteiger partial charge in [0.2, 0.25) is 5.91 Å². The van der Waals surface area contributed by atoms with Gasteiger partial charge in [0, 0.05) is 19.6 Å². The van der Waals surface area contributed by atoms with Gasteiger partial charge in [-0.05, 0) is 48.1 Å². The van der Waals surface area contributed by atoms with Crippen LogP contribution in [0.4, 0.5) is 4.79 Å². The molecule has 4 atom stereocenters. The minimum Gasteiger partial charge on any atom is -0.450 e. The number of carbonyl (C=O) groups excluding carboxylic acids is 2. The number of aryl methyl sites for hydroxylation is 1. The molecule has 1 aromatic rings.